The van der Waals surface area contributed by atoms with Gasteiger partial charge in [0.2, 0.25) is 11.8 Å². The van der Waals surface area contributed by atoms with Crippen LogP contribution in [0.2, 0.25) is 0 Å². The minimum atomic E-state index is -0.0286. The number of rotatable bonds is 6. The van der Waals surface area contributed by atoms with Crippen molar-refractivity contribution >= 4 is 23.4 Å². The first kappa shape index (κ1) is 19.9. The highest BCUT2D eigenvalue weighted by molar-refractivity contribution is 5.96. The SMILES string of the molecule is CCCC(=O)Nc1ccc(C(=O)N2CCC(C(=O)NC(C)C)CC2)cc1. The number of nitrogens with zero attached hydrogens (tertiary/aromatic N) is 1. The first-order chi connectivity index (χ1) is 12.4. The van der Waals surface area contributed by atoms with Gasteiger partial charge in [0.15, 0.2) is 0 Å². The smallest absolute Gasteiger partial charge is 0.253 e. The van der Waals surface area contributed by atoms with Crippen LogP contribution in [0.5, 0.6) is 0 Å². The van der Waals surface area contributed by atoms with Crippen LogP contribution in [-0.4, -0.2) is 41.8 Å². The first-order valence-electron chi connectivity index (χ1n) is 9.40. The molecule has 0 atom stereocenters. The third-order valence-electron chi connectivity index (χ3n) is 4.48. The minimum absolute atomic E-state index is 0.0161. The van der Waals surface area contributed by atoms with Gasteiger partial charge < -0.3 is 15.5 Å². The van der Waals surface area contributed by atoms with Gasteiger partial charge in [-0.3, -0.25) is 14.4 Å². The standard InChI is InChI=1S/C20H29N3O3/c1-4-5-18(24)22-17-8-6-16(7-9-17)20(26)23-12-10-15(11-13-23)19(25)21-14(2)3/h6-9,14-15H,4-5,10-13H2,1-3H3,(H,21,25)(H,22,24). The van der Waals surface area contributed by atoms with Crippen molar-refractivity contribution in [3.8, 4) is 0 Å². The summed E-state index contributed by atoms with van der Waals surface area (Å²) in [5.74, 6) is 0.0179. The normalized spacial score (nSPS) is 15.0. The number of piperidine rings is 1. The summed E-state index contributed by atoms with van der Waals surface area (Å²) in [5.41, 5.74) is 1.30. The molecule has 2 N–H and O–H groups in total. The van der Waals surface area contributed by atoms with Crippen LogP contribution < -0.4 is 10.6 Å². The Morgan fingerprint density at radius 2 is 1.73 bits per heavy atom. The number of carbonyl (C=O) groups is 3. The number of hydrogen-bond acceptors (Lipinski definition) is 3. The van der Waals surface area contributed by atoms with Crippen molar-refractivity contribution in [1.82, 2.24) is 10.2 Å². The molecule has 0 spiro atoms. The van der Waals surface area contributed by atoms with E-state index < -0.39 is 0 Å². The molecule has 0 aliphatic carbocycles. The third kappa shape index (κ3) is 5.58. The predicted molar refractivity (Wildman–Crippen MR) is 102 cm³/mol. The summed E-state index contributed by atoms with van der Waals surface area (Å²) in [6, 6.07) is 7.12. The Labute approximate surface area is 155 Å². The average Bonchev–Trinajstić information content (AvgIpc) is 2.61. The van der Waals surface area contributed by atoms with Gasteiger partial charge in [-0.2, -0.15) is 0 Å². The molecule has 1 aromatic carbocycles. The Morgan fingerprint density at radius 3 is 2.27 bits per heavy atom. The molecular weight excluding hydrogens is 330 g/mol. The summed E-state index contributed by atoms with van der Waals surface area (Å²) in [5, 5.41) is 5.76. The van der Waals surface area contributed by atoms with E-state index in [9.17, 15) is 14.4 Å². The van der Waals surface area contributed by atoms with Crippen LogP contribution >= 0.6 is 0 Å². The van der Waals surface area contributed by atoms with Crippen molar-refractivity contribution in [2.75, 3.05) is 18.4 Å². The van der Waals surface area contributed by atoms with E-state index in [4.69, 9.17) is 0 Å². The zero-order valence-electron chi connectivity index (χ0n) is 15.9. The quantitative estimate of drug-likeness (QED) is 0.820. The number of anilines is 1. The van der Waals surface area contributed by atoms with E-state index in [0.717, 1.165) is 6.42 Å². The van der Waals surface area contributed by atoms with Crippen molar-refractivity contribution in [2.45, 2.75) is 52.5 Å². The van der Waals surface area contributed by atoms with E-state index in [2.05, 4.69) is 10.6 Å². The lowest BCUT2D eigenvalue weighted by molar-refractivity contribution is -0.126. The van der Waals surface area contributed by atoms with Gasteiger partial charge in [-0.15, -0.1) is 0 Å². The van der Waals surface area contributed by atoms with Gasteiger partial charge in [0.25, 0.3) is 5.91 Å². The van der Waals surface area contributed by atoms with Crippen molar-refractivity contribution in [3.05, 3.63) is 29.8 Å². The number of hydrogen-bond donors (Lipinski definition) is 2. The maximum atomic E-state index is 12.6. The molecule has 26 heavy (non-hydrogen) atoms. The van der Waals surface area contributed by atoms with Crippen LogP contribution in [-0.2, 0) is 9.59 Å². The fourth-order valence-corrected chi connectivity index (χ4v) is 3.08. The molecule has 2 rings (SSSR count). The molecule has 6 heteroatoms. The topological polar surface area (TPSA) is 78.5 Å². The van der Waals surface area contributed by atoms with E-state index in [-0.39, 0.29) is 29.7 Å². The molecule has 6 nitrogen and oxygen atoms in total. The molecule has 1 saturated heterocycles. The lowest BCUT2D eigenvalue weighted by Crippen LogP contribution is -2.44. The van der Waals surface area contributed by atoms with Gasteiger partial charge >= 0.3 is 0 Å². The molecule has 0 saturated carbocycles. The van der Waals surface area contributed by atoms with Gasteiger partial charge in [0.05, 0.1) is 0 Å². The van der Waals surface area contributed by atoms with Gasteiger partial charge in [-0.05, 0) is 57.4 Å². The third-order valence-corrected chi connectivity index (χ3v) is 4.48. The molecule has 1 aromatic rings. The largest absolute Gasteiger partial charge is 0.354 e. The van der Waals surface area contributed by atoms with Crippen molar-refractivity contribution in [1.29, 1.82) is 0 Å². The summed E-state index contributed by atoms with van der Waals surface area (Å²) in [7, 11) is 0. The molecule has 1 heterocycles. The molecule has 0 radical (unpaired) electrons. The first-order valence-corrected chi connectivity index (χ1v) is 9.40. The monoisotopic (exact) mass is 359 g/mol. The Bertz CT molecular complexity index is 632. The molecule has 3 amide bonds. The number of amides is 3. The van der Waals surface area contributed by atoms with Gasteiger partial charge in [-0.1, -0.05) is 6.92 Å². The summed E-state index contributed by atoms with van der Waals surface area (Å²) < 4.78 is 0. The fraction of sp³-hybridized carbons (Fsp3) is 0.550. The summed E-state index contributed by atoms with van der Waals surface area (Å²) in [6.07, 6.45) is 2.67. The highest BCUT2D eigenvalue weighted by Gasteiger charge is 2.28. The molecule has 0 aromatic heterocycles. The lowest BCUT2D eigenvalue weighted by Gasteiger charge is -2.31. The second-order valence-corrected chi connectivity index (χ2v) is 7.11. The van der Waals surface area contributed by atoms with Crippen LogP contribution in [0.3, 0.4) is 0 Å². The van der Waals surface area contributed by atoms with Crippen LogP contribution in [0.25, 0.3) is 0 Å². The maximum Gasteiger partial charge on any atom is 0.253 e. The number of nitrogens with one attached hydrogen (secondary N) is 2. The molecule has 1 aliphatic heterocycles. The highest BCUT2D eigenvalue weighted by atomic mass is 16.2. The van der Waals surface area contributed by atoms with E-state index in [1.165, 1.54) is 0 Å². The van der Waals surface area contributed by atoms with E-state index in [0.29, 0.717) is 43.6 Å². The van der Waals surface area contributed by atoms with Crippen molar-refractivity contribution < 1.29 is 14.4 Å². The summed E-state index contributed by atoms with van der Waals surface area (Å²) in [6.45, 7) is 7.03. The zero-order chi connectivity index (χ0) is 19.1. The second kappa shape index (κ2) is 9.36. The van der Waals surface area contributed by atoms with Gasteiger partial charge in [0, 0.05) is 42.7 Å². The number of carbonyl (C=O) groups excluding carboxylic acids is 3. The minimum Gasteiger partial charge on any atom is -0.354 e. The van der Waals surface area contributed by atoms with E-state index in [1.54, 1.807) is 29.2 Å². The number of likely N-dealkylation sites (tertiary alicyclic amines) is 1. The second-order valence-electron chi connectivity index (χ2n) is 7.11. The van der Waals surface area contributed by atoms with Crippen LogP contribution in [0.15, 0.2) is 24.3 Å². The van der Waals surface area contributed by atoms with Crippen LogP contribution in [0.1, 0.15) is 56.8 Å². The average molecular weight is 359 g/mol. The van der Waals surface area contributed by atoms with Crippen molar-refractivity contribution in [3.63, 3.8) is 0 Å². The Morgan fingerprint density at radius 1 is 1.12 bits per heavy atom. The summed E-state index contributed by atoms with van der Waals surface area (Å²) in [4.78, 5) is 38.1. The zero-order valence-corrected chi connectivity index (χ0v) is 15.9. The molecule has 0 unspecified atom stereocenters. The van der Waals surface area contributed by atoms with E-state index in [1.807, 2.05) is 20.8 Å². The fourth-order valence-electron chi connectivity index (χ4n) is 3.08. The molecule has 0 bridgehead atoms. The maximum absolute atomic E-state index is 12.6. The molecule has 142 valence electrons. The van der Waals surface area contributed by atoms with Gasteiger partial charge in [-0.25, -0.2) is 0 Å². The Kier molecular flexibility index (Phi) is 7.18. The summed E-state index contributed by atoms with van der Waals surface area (Å²) >= 11 is 0. The number of benzene rings is 1. The van der Waals surface area contributed by atoms with Crippen molar-refractivity contribution in [2.24, 2.45) is 5.92 Å². The van der Waals surface area contributed by atoms with Crippen LogP contribution in [0, 0.1) is 5.92 Å². The van der Waals surface area contributed by atoms with Crippen LogP contribution in [0.4, 0.5) is 5.69 Å². The van der Waals surface area contributed by atoms with E-state index >= 15 is 0 Å². The predicted octanol–water partition coefficient (Wildman–Crippen LogP) is 2.80. The molecule has 1 aliphatic rings. The molecule has 1 fully saturated rings. The lowest BCUT2D eigenvalue weighted by atomic mass is 9.95. The Balaban J connectivity index is 1.88. The van der Waals surface area contributed by atoms with Gasteiger partial charge in [0.1, 0.15) is 0 Å². The molecular formula is C20H29N3O3. The Hall–Kier alpha value is -2.37. The highest BCUT2D eigenvalue weighted by Crippen LogP contribution is 2.20.